The highest BCUT2D eigenvalue weighted by atomic mass is 16.2. The molecule has 4 aromatic rings. The Morgan fingerprint density at radius 2 is 1.75 bits per heavy atom. The summed E-state index contributed by atoms with van der Waals surface area (Å²) in [4.78, 5) is 33.5. The molecule has 8 nitrogen and oxygen atoms in total. The lowest BCUT2D eigenvalue weighted by atomic mass is 10.0. The van der Waals surface area contributed by atoms with Gasteiger partial charge in [-0.05, 0) is 43.2 Å². The summed E-state index contributed by atoms with van der Waals surface area (Å²) in [6, 6.07) is 16.6. The van der Waals surface area contributed by atoms with Gasteiger partial charge in [0.2, 0.25) is 0 Å². The van der Waals surface area contributed by atoms with Crippen molar-refractivity contribution in [2.45, 2.75) is 19.4 Å². The molecule has 3 heterocycles. The molecule has 160 valence electrons. The number of pyridine rings is 2. The first-order chi connectivity index (χ1) is 15.6. The standard InChI is InChI=1S/C24H22N6O2/c1-17-5-7-18(8-6-17)14-22(21-4-2-3-11-26-21)29-24(32)23(31)28-19-15-27-30(16-19)20-9-12-25-13-10-20/h2-13,15-16,22H,14H2,1H3,(H,28,31)(H,29,32)/t22-/m1/s1. The number of aromatic nitrogens is 4. The van der Waals surface area contributed by atoms with Crippen molar-refractivity contribution in [2.75, 3.05) is 5.32 Å². The van der Waals surface area contributed by atoms with Crippen LogP contribution in [0, 0.1) is 6.92 Å². The van der Waals surface area contributed by atoms with Crippen molar-refractivity contribution in [3.8, 4) is 5.69 Å². The van der Waals surface area contributed by atoms with E-state index < -0.39 is 17.9 Å². The third kappa shape index (κ3) is 5.23. The van der Waals surface area contributed by atoms with Gasteiger partial charge in [0.25, 0.3) is 0 Å². The molecular formula is C24H22N6O2. The Morgan fingerprint density at radius 3 is 2.47 bits per heavy atom. The third-order valence-corrected chi connectivity index (χ3v) is 4.88. The Labute approximate surface area is 185 Å². The zero-order chi connectivity index (χ0) is 22.3. The van der Waals surface area contributed by atoms with Gasteiger partial charge in [-0.2, -0.15) is 5.10 Å². The molecule has 2 N–H and O–H groups in total. The Balaban J connectivity index is 1.45. The molecule has 0 radical (unpaired) electrons. The number of rotatable bonds is 6. The van der Waals surface area contributed by atoms with E-state index in [9.17, 15) is 9.59 Å². The van der Waals surface area contributed by atoms with E-state index in [1.54, 1.807) is 47.7 Å². The van der Waals surface area contributed by atoms with Crippen LogP contribution in [0.1, 0.15) is 22.9 Å². The summed E-state index contributed by atoms with van der Waals surface area (Å²) in [5.41, 5.74) is 4.07. The van der Waals surface area contributed by atoms with Crippen LogP contribution in [0.15, 0.2) is 85.6 Å². The van der Waals surface area contributed by atoms with Crippen LogP contribution in [0.25, 0.3) is 5.69 Å². The number of nitrogens with one attached hydrogen (secondary N) is 2. The molecule has 1 atom stereocenters. The van der Waals surface area contributed by atoms with Gasteiger partial charge in [0.1, 0.15) is 0 Å². The number of benzene rings is 1. The van der Waals surface area contributed by atoms with Crippen LogP contribution in [0.3, 0.4) is 0 Å². The molecule has 0 unspecified atom stereocenters. The highest BCUT2D eigenvalue weighted by Gasteiger charge is 2.22. The van der Waals surface area contributed by atoms with Gasteiger partial charge in [0, 0.05) is 18.6 Å². The van der Waals surface area contributed by atoms with E-state index >= 15 is 0 Å². The summed E-state index contributed by atoms with van der Waals surface area (Å²) < 4.78 is 1.59. The molecule has 3 aromatic heterocycles. The molecule has 0 aliphatic heterocycles. The number of amides is 2. The van der Waals surface area contributed by atoms with Crippen LogP contribution in [0.2, 0.25) is 0 Å². The molecular weight excluding hydrogens is 404 g/mol. The SMILES string of the molecule is Cc1ccc(C[C@@H](NC(=O)C(=O)Nc2cnn(-c3ccncc3)c2)c2ccccn2)cc1. The van der Waals surface area contributed by atoms with Crippen molar-refractivity contribution in [2.24, 2.45) is 0 Å². The second-order valence-corrected chi connectivity index (χ2v) is 7.30. The van der Waals surface area contributed by atoms with Gasteiger partial charge in [-0.1, -0.05) is 35.9 Å². The van der Waals surface area contributed by atoms with Crippen LogP contribution in [-0.4, -0.2) is 31.6 Å². The number of anilines is 1. The van der Waals surface area contributed by atoms with Gasteiger partial charge in [-0.3, -0.25) is 19.6 Å². The summed E-state index contributed by atoms with van der Waals surface area (Å²) in [6.07, 6.45) is 8.58. The Bertz CT molecular complexity index is 1190. The minimum absolute atomic E-state index is 0.412. The van der Waals surface area contributed by atoms with Crippen molar-refractivity contribution >= 4 is 17.5 Å². The summed E-state index contributed by atoms with van der Waals surface area (Å²) in [5, 5.41) is 9.60. The number of hydrogen-bond acceptors (Lipinski definition) is 5. The third-order valence-electron chi connectivity index (χ3n) is 4.88. The molecule has 1 aromatic carbocycles. The predicted molar refractivity (Wildman–Crippen MR) is 120 cm³/mol. The maximum absolute atomic E-state index is 12.7. The van der Waals surface area contributed by atoms with E-state index in [1.807, 2.05) is 43.3 Å². The van der Waals surface area contributed by atoms with Crippen molar-refractivity contribution in [3.63, 3.8) is 0 Å². The molecule has 4 rings (SSSR count). The van der Waals surface area contributed by atoms with Crippen LogP contribution < -0.4 is 10.6 Å². The molecule has 0 aliphatic rings. The molecule has 0 bridgehead atoms. The summed E-state index contributed by atoms with van der Waals surface area (Å²) in [7, 11) is 0. The Morgan fingerprint density at radius 1 is 0.969 bits per heavy atom. The van der Waals surface area contributed by atoms with Crippen molar-refractivity contribution < 1.29 is 9.59 Å². The van der Waals surface area contributed by atoms with E-state index in [4.69, 9.17) is 0 Å². The topological polar surface area (TPSA) is 102 Å². The first kappa shape index (κ1) is 20.9. The number of hydrogen-bond donors (Lipinski definition) is 2. The van der Waals surface area contributed by atoms with Gasteiger partial charge in [0.05, 0.1) is 35.5 Å². The largest absolute Gasteiger partial charge is 0.339 e. The smallest absolute Gasteiger partial charge is 0.313 e. The molecule has 0 saturated carbocycles. The van der Waals surface area contributed by atoms with E-state index in [0.29, 0.717) is 17.8 Å². The predicted octanol–water partition coefficient (Wildman–Crippen LogP) is 3.01. The Hall–Kier alpha value is -4.33. The molecule has 2 amide bonds. The maximum atomic E-state index is 12.7. The highest BCUT2D eigenvalue weighted by molar-refractivity contribution is 6.39. The van der Waals surface area contributed by atoms with Gasteiger partial charge >= 0.3 is 11.8 Å². The quantitative estimate of drug-likeness (QED) is 0.462. The molecule has 0 saturated heterocycles. The zero-order valence-electron chi connectivity index (χ0n) is 17.5. The van der Waals surface area contributed by atoms with Gasteiger partial charge in [-0.25, -0.2) is 4.68 Å². The van der Waals surface area contributed by atoms with Crippen molar-refractivity contribution in [1.82, 2.24) is 25.1 Å². The lowest BCUT2D eigenvalue weighted by Gasteiger charge is -2.18. The molecule has 0 aliphatic carbocycles. The Kier molecular flexibility index (Phi) is 6.31. The van der Waals surface area contributed by atoms with Crippen molar-refractivity contribution in [1.29, 1.82) is 0 Å². The van der Waals surface area contributed by atoms with Gasteiger partial charge < -0.3 is 10.6 Å². The summed E-state index contributed by atoms with van der Waals surface area (Å²) >= 11 is 0. The molecule has 0 spiro atoms. The van der Waals surface area contributed by atoms with E-state index in [1.165, 1.54) is 6.20 Å². The fraction of sp³-hybridized carbons (Fsp3) is 0.125. The fourth-order valence-electron chi connectivity index (χ4n) is 3.21. The van der Waals surface area contributed by atoms with E-state index in [-0.39, 0.29) is 0 Å². The van der Waals surface area contributed by atoms with Gasteiger partial charge in [-0.15, -0.1) is 0 Å². The fourth-order valence-corrected chi connectivity index (χ4v) is 3.21. The first-order valence-corrected chi connectivity index (χ1v) is 10.1. The number of nitrogens with zero attached hydrogens (tertiary/aromatic N) is 4. The van der Waals surface area contributed by atoms with E-state index in [2.05, 4.69) is 25.7 Å². The monoisotopic (exact) mass is 426 g/mol. The normalized spacial score (nSPS) is 11.5. The number of aryl methyl sites for hydroxylation is 1. The molecule has 0 fully saturated rings. The summed E-state index contributed by atoms with van der Waals surface area (Å²) in [6.45, 7) is 2.02. The van der Waals surface area contributed by atoms with Crippen LogP contribution >= 0.6 is 0 Å². The molecule has 8 heteroatoms. The minimum Gasteiger partial charge on any atom is -0.339 e. The summed E-state index contributed by atoms with van der Waals surface area (Å²) in [5.74, 6) is -1.52. The first-order valence-electron chi connectivity index (χ1n) is 10.1. The number of carbonyl (C=O) groups excluding carboxylic acids is 2. The van der Waals surface area contributed by atoms with Crippen LogP contribution in [0.5, 0.6) is 0 Å². The maximum Gasteiger partial charge on any atom is 0.313 e. The molecule has 32 heavy (non-hydrogen) atoms. The lowest BCUT2D eigenvalue weighted by Crippen LogP contribution is -2.38. The minimum atomic E-state index is -0.774. The van der Waals surface area contributed by atoms with Crippen LogP contribution in [-0.2, 0) is 16.0 Å². The van der Waals surface area contributed by atoms with E-state index in [0.717, 1.165) is 16.8 Å². The second-order valence-electron chi connectivity index (χ2n) is 7.30. The average Bonchev–Trinajstić information content (AvgIpc) is 3.29. The highest BCUT2D eigenvalue weighted by Crippen LogP contribution is 2.17. The number of carbonyl (C=O) groups is 2. The lowest BCUT2D eigenvalue weighted by molar-refractivity contribution is -0.136. The zero-order valence-corrected chi connectivity index (χ0v) is 17.5. The van der Waals surface area contributed by atoms with Gasteiger partial charge in [0.15, 0.2) is 0 Å². The van der Waals surface area contributed by atoms with Crippen molar-refractivity contribution in [3.05, 3.63) is 102 Å². The van der Waals surface area contributed by atoms with Crippen LogP contribution in [0.4, 0.5) is 5.69 Å². The second kappa shape index (κ2) is 9.65. The average molecular weight is 426 g/mol.